The quantitative estimate of drug-likeness (QED) is 0.689. The summed E-state index contributed by atoms with van der Waals surface area (Å²) in [6, 6.07) is 1.85. The third-order valence-electron chi connectivity index (χ3n) is 2.24. The molecule has 0 aromatic carbocycles. The van der Waals surface area contributed by atoms with E-state index in [1.807, 2.05) is 20.0 Å². The summed E-state index contributed by atoms with van der Waals surface area (Å²) in [5.41, 5.74) is 1.63. The minimum Gasteiger partial charge on any atom is -0.292 e. The van der Waals surface area contributed by atoms with Gasteiger partial charge in [0.1, 0.15) is 5.69 Å². The van der Waals surface area contributed by atoms with Crippen molar-refractivity contribution in [3.63, 3.8) is 0 Å². The molecule has 0 N–H and O–H groups in total. The van der Waals surface area contributed by atoms with Crippen LogP contribution in [-0.2, 0) is 7.05 Å². The van der Waals surface area contributed by atoms with Crippen molar-refractivity contribution in [3.05, 3.63) is 17.5 Å². The monoisotopic (exact) mass is 194 g/mol. The zero-order chi connectivity index (χ0) is 10.7. The van der Waals surface area contributed by atoms with E-state index in [2.05, 4.69) is 18.9 Å². The topological polar surface area (TPSA) is 34.9 Å². The molecule has 0 aliphatic carbocycles. The third-order valence-corrected chi connectivity index (χ3v) is 2.24. The summed E-state index contributed by atoms with van der Waals surface area (Å²) >= 11 is 0. The number of nitrogens with zero attached hydrogens (tertiary/aromatic N) is 2. The van der Waals surface area contributed by atoms with Crippen molar-refractivity contribution in [3.8, 4) is 0 Å². The summed E-state index contributed by atoms with van der Waals surface area (Å²) < 4.78 is 1.66. The van der Waals surface area contributed by atoms with Crippen LogP contribution in [0.2, 0.25) is 0 Å². The van der Waals surface area contributed by atoms with Gasteiger partial charge in [0.15, 0.2) is 5.78 Å². The molecule has 3 nitrogen and oxygen atoms in total. The molecule has 14 heavy (non-hydrogen) atoms. The van der Waals surface area contributed by atoms with Gasteiger partial charge in [-0.1, -0.05) is 13.8 Å². The first-order chi connectivity index (χ1) is 6.50. The number of ketones is 1. The van der Waals surface area contributed by atoms with E-state index in [0.717, 1.165) is 17.8 Å². The Labute approximate surface area is 85.1 Å². The largest absolute Gasteiger partial charge is 0.292 e. The maximum absolute atomic E-state index is 11.7. The number of carbonyl (C=O) groups excluding carboxylic acids is 1. The van der Waals surface area contributed by atoms with Crippen molar-refractivity contribution >= 4 is 5.78 Å². The zero-order valence-electron chi connectivity index (χ0n) is 9.37. The molecule has 0 atom stereocenters. The van der Waals surface area contributed by atoms with Crippen molar-refractivity contribution in [2.75, 3.05) is 0 Å². The molecule has 1 aromatic rings. The highest BCUT2D eigenvalue weighted by atomic mass is 16.1. The van der Waals surface area contributed by atoms with Crippen LogP contribution in [0.3, 0.4) is 0 Å². The minimum absolute atomic E-state index is 0.196. The highest BCUT2D eigenvalue weighted by Crippen LogP contribution is 2.10. The molecule has 0 unspecified atom stereocenters. The second-order valence-corrected chi connectivity index (χ2v) is 4.15. The summed E-state index contributed by atoms with van der Waals surface area (Å²) in [7, 11) is 1.82. The lowest BCUT2D eigenvalue weighted by Gasteiger charge is -2.03. The van der Waals surface area contributed by atoms with Crippen LogP contribution in [0.1, 0.15) is 42.9 Å². The first-order valence-electron chi connectivity index (χ1n) is 5.04. The zero-order valence-corrected chi connectivity index (χ0v) is 9.37. The van der Waals surface area contributed by atoms with Gasteiger partial charge in [-0.25, -0.2) is 0 Å². The number of hydrogen-bond donors (Lipinski definition) is 0. The maximum atomic E-state index is 11.7. The average molecular weight is 194 g/mol. The van der Waals surface area contributed by atoms with E-state index in [9.17, 15) is 4.79 Å². The molecule has 3 heteroatoms. The highest BCUT2D eigenvalue weighted by molar-refractivity contribution is 5.94. The Morgan fingerprint density at radius 3 is 2.64 bits per heavy atom. The molecule has 0 aliphatic heterocycles. The van der Waals surface area contributed by atoms with Crippen LogP contribution in [-0.4, -0.2) is 15.6 Å². The van der Waals surface area contributed by atoms with Gasteiger partial charge in [-0.05, 0) is 25.3 Å². The lowest BCUT2D eigenvalue weighted by molar-refractivity contribution is 0.0966. The fraction of sp³-hybridized carbons (Fsp3) is 0.636. The predicted octanol–water partition coefficient (Wildman–Crippen LogP) is 2.35. The van der Waals surface area contributed by atoms with Crippen LogP contribution in [0.4, 0.5) is 0 Å². The lowest BCUT2D eigenvalue weighted by atomic mass is 10.0. The van der Waals surface area contributed by atoms with E-state index in [1.165, 1.54) is 0 Å². The molecule has 1 heterocycles. The maximum Gasteiger partial charge on any atom is 0.180 e. The first kappa shape index (κ1) is 11.0. The van der Waals surface area contributed by atoms with E-state index < -0.39 is 0 Å². The Bertz CT molecular complexity index is 326. The SMILES string of the molecule is Cc1cc(C(=O)CCC(C)C)n(C)n1. The number of rotatable bonds is 4. The van der Waals surface area contributed by atoms with Crippen LogP contribution in [0.25, 0.3) is 0 Å². The molecular weight excluding hydrogens is 176 g/mol. The van der Waals surface area contributed by atoms with Gasteiger partial charge in [-0.3, -0.25) is 9.48 Å². The normalized spacial score (nSPS) is 10.9. The Morgan fingerprint density at radius 2 is 2.21 bits per heavy atom. The molecule has 0 amide bonds. The van der Waals surface area contributed by atoms with Gasteiger partial charge >= 0.3 is 0 Å². The van der Waals surface area contributed by atoms with E-state index in [0.29, 0.717) is 12.3 Å². The smallest absolute Gasteiger partial charge is 0.180 e. The number of aromatic nitrogens is 2. The molecular formula is C11H18N2O. The van der Waals surface area contributed by atoms with Crippen molar-refractivity contribution < 1.29 is 4.79 Å². The van der Waals surface area contributed by atoms with Crippen LogP contribution < -0.4 is 0 Å². The summed E-state index contributed by atoms with van der Waals surface area (Å²) in [5.74, 6) is 0.773. The van der Waals surface area contributed by atoms with E-state index >= 15 is 0 Å². The molecule has 78 valence electrons. The van der Waals surface area contributed by atoms with E-state index in [4.69, 9.17) is 0 Å². The molecule has 0 spiro atoms. The van der Waals surface area contributed by atoms with Crippen LogP contribution in [0.5, 0.6) is 0 Å². The Kier molecular flexibility index (Phi) is 3.44. The number of Topliss-reactive ketones (excluding diaryl/α,β-unsaturated/α-hetero) is 1. The van der Waals surface area contributed by atoms with Gasteiger partial charge in [0.2, 0.25) is 0 Å². The summed E-state index contributed by atoms with van der Waals surface area (Å²) in [6.07, 6.45) is 1.57. The molecule has 0 saturated carbocycles. The second kappa shape index (κ2) is 4.40. The van der Waals surface area contributed by atoms with E-state index in [-0.39, 0.29) is 5.78 Å². The fourth-order valence-corrected chi connectivity index (χ4v) is 1.42. The Hall–Kier alpha value is -1.12. The highest BCUT2D eigenvalue weighted by Gasteiger charge is 2.11. The lowest BCUT2D eigenvalue weighted by Crippen LogP contribution is -2.07. The molecule has 1 aromatic heterocycles. The van der Waals surface area contributed by atoms with Gasteiger partial charge < -0.3 is 0 Å². The molecule has 0 saturated heterocycles. The Morgan fingerprint density at radius 1 is 1.57 bits per heavy atom. The average Bonchev–Trinajstić information content (AvgIpc) is 2.41. The number of carbonyl (C=O) groups is 1. The Balaban J connectivity index is 2.65. The van der Waals surface area contributed by atoms with Crippen LogP contribution in [0.15, 0.2) is 6.07 Å². The van der Waals surface area contributed by atoms with Crippen molar-refractivity contribution in [1.29, 1.82) is 0 Å². The second-order valence-electron chi connectivity index (χ2n) is 4.15. The van der Waals surface area contributed by atoms with Gasteiger partial charge in [-0.2, -0.15) is 5.10 Å². The van der Waals surface area contributed by atoms with Crippen LogP contribution in [0, 0.1) is 12.8 Å². The first-order valence-corrected chi connectivity index (χ1v) is 5.04. The van der Waals surface area contributed by atoms with Gasteiger partial charge in [-0.15, -0.1) is 0 Å². The predicted molar refractivity (Wildman–Crippen MR) is 56.3 cm³/mol. The molecule has 1 rings (SSSR count). The summed E-state index contributed by atoms with van der Waals surface area (Å²) in [4.78, 5) is 11.7. The van der Waals surface area contributed by atoms with Crippen molar-refractivity contribution in [2.24, 2.45) is 13.0 Å². The number of hydrogen-bond acceptors (Lipinski definition) is 2. The number of aryl methyl sites for hydroxylation is 2. The molecule has 0 radical (unpaired) electrons. The van der Waals surface area contributed by atoms with E-state index in [1.54, 1.807) is 4.68 Å². The summed E-state index contributed by atoms with van der Waals surface area (Å²) in [5, 5.41) is 4.16. The molecule has 0 fully saturated rings. The van der Waals surface area contributed by atoms with Gasteiger partial charge in [0.05, 0.1) is 5.69 Å². The van der Waals surface area contributed by atoms with Gasteiger partial charge in [0, 0.05) is 13.5 Å². The molecule has 0 bridgehead atoms. The van der Waals surface area contributed by atoms with Crippen LogP contribution >= 0.6 is 0 Å². The third kappa shape index (κ3) is 2.69. The molecule has 0 aliphatic rings. The minimum atomic E-state index is 0.196. The fourth-order valence-electron chi connectivity index (χ4n) is 1.42. The van der Waals surface area contributed by atoms with Crippen molar-refractivity contribution in [1.82, 2.24) is 9.78 Å². The summed E-state index contributed by atoms with van der Waals surface area (Å²) in [6.45, 7) is 6.16. The van der Waals surface area contributed by atoms with Crippen molar-refractivity contribution in [2.45, 2.75) is 33.6 Å². The standard InChI is InChI=1S/C11H18N2O/c1-8(2)5-6-11(14)10-7-9(3)12-13(10)4/h7-8H,5-6H2,1-4H3. The van der Waals surface area contributed by atoms with Gasteiger partial charge in [0.25, 0.3) is 0 Å².